The smallest absolute Gasteiger partial charge is 0.265 e. The summed E-state index contributed by atoms with van der Waals surface area (Å²) in [5.74, 6) is 0.465. The predicted octanol–water partition coefficient (Wildman–Crippen LogP) is 3.51. The van der Waals surface area contributed by atoms with Crippen LogP contribution >= 0.6 is 0 Å². The molecule has 7 heteroatoms. The Morgan fingerprint density at radius 2 is 1.93 bits per heavy atom. The maximum absolute atomic E-state index is 12.4. The molecule has 0 bridgehead atoms. The van der Waals surface area contributed by atoms with Gasteiger partial charge in [0.2, 0.25) is 0 Å². The van der Waals surface area contributed by atoms with E-state index in [1.54, 1.807) is 17.8 Å². The number of aromatic nitrogens is 4. The number of nitrogens with zero attached hydrogens (tertiary/aromatic N) is 4. The lowest BCUT2D eigenvalue weighted by atomic mass is 10.1. The zero-order valence-corrected chi connectivity index (χ0v) is 15.5. The van der Waals surface area contributed by atoms with E-state index in [0.29, 0.717) is 17.1 Å². The van der Waals surface area contributed by atoms with Gasteiger partial charge in [0.1, 0.15) is 12.1 Å². The molecule has 0 spiro atoms. The van der Waals surface area contributed by atoms with Crippen LogP contribution in [0.4, 0.5) is 5.69 Å². The van der Waals surface area contributed by atoms with Gasteiger partial charge in [0.05, 0.1) is 5.69 Å². The molecule has 0 fully saturated rings. The number of rotatable bonds is 5. The third-order valence-corrected chi connectivity index (χ3v) is 4.28. The minimum Gasteiger partial charge on any atom is -0.481 e. The Labute approximate surface area is 162 Å². The number of amides is 1. The zero-order valence-electron chi connectivity index (χ0n) is 15.5. The molecule has 140 valence electrons. The summed E-state index contributed by atoms with van der Waals surface area (Å²) < 4.78 is 7.34. The van der Waals surface area contributed by atoms with Crippen LogP contribution in [0.1, 0.15) is 12.5 Å². The van der Waals surface area contributed by atoms with E-state index in [-0.39, 0.29) is 5.91 Å². The van der Waals surface area contributed by atoms with E-state index >= 15 is 0 Å². The summed E-state index contributed by atoms with van der Waals surface area (Å²) in [4.78, 5) is 12.4. The molecule has 4 aromatic rings. The number of benzene rings is 2. The van der Waals surface area contributed by atoms with Gasteiger partial charge in [0.25, 0.3) is 5.91 Å². The highest BCUT2D eigenvalue weighted by molar-refractivity contribution is 5.94. The van der Waals surface area contributed by atoms with Crippen LogP contribution in [-0.2, 0) is 4.79 Å². The van der Waals surface area contributed by atoms with Crippen LogP contribution in [0.15, 0.2) is 67.0 Å². The first-order valence-corrected chi connectivity index (χ1v) is 8.90. The van der Waals surface area contributed by atoms with Crippen molar-refractivity contribution in [3.8, 4) is 17.0 Å². The molecule has 1 atom stereocenters. The van der Waals surface area contributed by atoms with Crippen molar-refractivity contribution in [1.29, 1.82) is 0 Å². The summed E-state index contributed by atoms with van der Waals surface area (Å²) >= 11 is 0. The number of carbonyl (C=O) groups excluding carboxylic acids is 1. The fourth-order valence-corrected chi connectivity index (χ4v) is 2.80. The van der Waals surface area contributed by atoms with E-state index in [1.165, 1.54) is 0 Å². The fraction of sp³-hybridized carbons (Fsp3) is 0.143. The molecule has 0 aliphatic carbocycles. The Hall–Kier alpha value is -3.74. The molecule has 1 unspecified atom stereocenters. The number of carbonyl (C=O) groups is 1. The normalized spacial score (nSPS) is 11.9. The number of ether oxygens (including phenoxy) is 1. The number of nitrogens with one attached hydrogen (secondary N) is 1. The molecule has 2 aromatic carbocycles. The Morgan fingerprint density at radius 1 is 1.11 bits per heavy atom. The minimum atomic E-state index is -0.612. The van der Waals surface area contributed by atoms with Gasteiger partial charge in [-0.15, -0.1) is 10.2 Å². The molecule has 0 saturated carbocycles. The van der Waals surface area contributed by atoms with Crippen LogP contribution in [0.25, 0.3) is 16.9 Å². The average molecular weight is 373 g/mol. The maximum Gasteiger partial charge on any atom is 0.265 e. The van der Waals surface area contributed by atoms with E-state index in [1.807, 2.05) is 67.6 Å². The summed E-state index contributed by atoms with van der Waals surface area (Å²) in [6.45, 7) is 3.71. The molecule has 0 radical (unpaired) electrons. The van der Waals surface area contributed by atoms with Crippen LogP contribution in [0.3, 0.4) is 0 Å². The van der Waals surface area contributed by atoms with E-state index in [9.17, 15) is 4.79 Å². The van der Waals surface area contributed by atoms with Gasteiger partial charge >= 0.3 is 0 Å². The lowest BCUT2D eigenvalue weighted by Crippen LogP contribution is -2.30. The highest BCUT2D eigenvalue weighted by atomic mass is 16.5. The highest BCUT2D eigenvalue weighted by Crippen LogP contribution is 2.20. The van der Waals surface area contributed by atoms with E-state index < -0.39 is 6.10 Å². The molecule has 2 heterocycles. The van der Waals surface area contributed by atoms with Crippen LogP contribution in [-0.4, -0.2) is 31.8 Å². The molecular weight excluding hydrogens is 354 g/mol. The van der Waals surface area contributed by atoms with Crippen molar-refractivity contribution in [3.05, 3.63) is 72.6 Å². The largest absolute Gasteiger partial charge is 0.481 e. The highest BCUT2D eigenvalue weighted by Gasteiger charge is 2.15. The summed E-state index contributed by atoms with van der Waals surface area (Å²) in [6, 6.07) is 18.8. The average Bonchev–Trinajstić information content (AvgIpc) is 3.16. The molecule has 0 saturated heterocycles. The first-order chi connectivity index (χ1) is 13.6. The van der Waals surface area contributed by atoms with Gasteiger partial charge in [-0.3, -0.25) is 4.79 Å². The van der Waals surface area contributed by atoms with E-state index in [0.717, 1.165) is 16.8 Å². The van der Waals surface area contributed by atoms with Gasteiger partial charge in [0, 0.05) is 11.3 Å². The Kier molecular flexibility index (Phi) is 4.72. The van der Waals surface area contributed by atoms with Gasteiger partial charge in [-0.25, -0.2) is 0 Å². The second kappa shape index (κ2) is 7.48. The fourth-order valence-electron chi connectivity index (χ4n) is 2.80. The molecule has 4 rings (SSSR count). The van der Waals surface area contributed by atoms with Gasteiger partial charge in [-0.05, 0) is 55.8 Å². The number of hydrogen-bond acceptors (Lipinski definition) is 5. The van der Waals surface area contributed by atoms with Gasteiger partial charge in [-0.1, -0.05) is 24.3 Å². The molecule has 2 aromatic heterocycles. The summed E-state index contributed by atoms with van der Waals surface area (Å²) in [6.07, 6.45) is 0.947. The molecule has 1 N–H and O–H groups in total. The number of anilines is 1. The van der Waals surface area contributed by atoms with Crippen LogP contribution in [0.2, 0.25) is 0 Å². The number of fused-ring (bicyclic) bond motifs is 1. The quantitative estimate of drug-likeness (QED) is 0.579. The Balaban J connectivity index is 1.42. The number of hydrogen-bond donors (Lipinski definition) is 1. The maximum atomic E-state index is 12.4. The standard InChI is InChI=1S/C21H19N5O2/c1-14-4-3-5-18(12-14)28-15(2)21(27)23-17-8-6-16(7-9-17)19-10-11-20-24-22-13-26(20)25-19/h3-13,15H,1-2H3,(H,23,27). The zero-order chi connectivity index (χ0) is 19.5. The first kappa shape index (κ1) is 17.7. The van der Waals surface area contributed by atoms with Crippen molar-refractivity contribution in [2.75, 3.05) is 5.32 Å². The first-order valence-electron chi connectivity index (χ1n) is 8.90. The molecule has 0 aliphatic rings. The monoisotopic (exact) mass is 373 g/mol. The Bertz CT molecular complexity index is 1120. The van der Waals surface area contributed by atoms with Crippen molar-refractivity contribution in [3.63, 3.8) is 0 Å². The van der Waals surface area contributed by atoms with Gasteiger partial charge in [0.15, 0.2) is 11.8 Å². The van der Waals surface area contributed by atoms with Crippen molar-refractivity contribution < 1.29 is 9.53 Å². The van der Waals surface area contributed by atoms with Crippen LogP contribution in [0.5, 0.6) is 5.75 Å². The lowest BCUT2D eigenvalue weighted by molar-refractivity contribution is -0.122. The third kappa shape index (κ3) is 3.83. The van der Waals surface area contributed by atoms with Crippen molar-refractivity contribution in [2.45, 2.75) is 20.0 Å². The SMILES string of the molecule is Cc1cccc(OC(C)C(=O)Nc2ccc(-c3ccc4nncn4n3)cc2)c1. The van der Waals surface area contributed by atoms with E-state index in [2.05, 4.69) is 20.6 Å². The van der Waals surface area contributed by atoms with Crippen molar-refractivity contribution in [2.24, 2.45) is 0 Å². The third-order valence-electron chi connectivity index (χ3n) is 4.28. The Morgan fingerprint density at radius 3 is 2.71 bits per heavy atom. The predicted molar refractivity (Wildman–Crippen MR) is 106 cm³/mol. The van der Waals surface area contributed by atoms with Gasteiger partial charge in [-0.2, -0.15) is 9.61 Å². The summed E-state index contributed by atoms with van der Waals surface area (Å²) in [7, 11) is 0. The number of aryl methyl sites for hydroxylation is 1. The van der Waals surface area contributed by atoms with Crippen LogP contribution < -0.4 is 10.1 Å². The summed E-state index contributed by atoms with van der Waals surface area (Å²) in [5, 5.41) is 15.1. The molecule has 1 amide bonds. The molecule has 28 heavy (non-hydrogen) atoms. The topological polar surface area (TPSA) is 81.4 Å². The van der Waals surface area contributed by atoms with E-state index in [4.69, 9.17) is 4.74 Å². The summed E-state index contributed by atoms with van der Waals surface area (Å²) in [5.41, 5.74) is 4.19. The molecule has 0 aliphatic heterocycles. The second-order valence-electron chi connectivity index (χ2n) is 6.50. The minimum absolute atomic E-state index is 0.210. The van der Waals surface area contributed by atoms with Crippen molar-refractivity contribution in [1.82, 2.24) is 19.8 Å². The van der Waals surface area contributed by atoms with Crippen LogP contribution in [0, 0.1) is 6.92 Å². The molecule has 7 nitrogen and oxygen atoms in total. The second-order valence-corrected chi connectivity index (χ2v) is 6.50. The lowest BCUT2D eigenvalue weighted by Gasteiger charge is -2.15. The van der Waals surface area contributed by atoms with Gasteiger partial charge < -0.3 is 10.1 Å². The molecular formula is C21H19N5O2. The van der Waals surface area contributed by atoms with Crippen molar-refractivity contribution >= 4 is 17.2 Å².